The van der Waals surface area contributed by atoms with Gasteiger partial charge >= 0.3 is 0 Å². The van der Waals surface area contributed by atoms with Crippen LogP contribution in [-0.4, -0.2) is 12.0 Å². The Morgan fingerprint density at radius 3 is 2.75 bits per heavy atom. The van der Waals surface area contributed by atoms with Crippen LogP contribution in [0, 0.1) is 11.8 Å². The molecular weight excluding hydrogens is 155 g/mol. The molecule has 2 fully saturated rings. The number of rotatable bonds is 0. The van der Waals surface area contributed by atoms with Gasteiger partial charge in [-0.05, 0) is 18.8 Å². The highest BCUT2D eigenvalue weighted by Crippen LogP contribution is 2.40. The Morgan fingerprint density at radius 1 is 1.17 bits per heavy atom. The lowest BCUT2D eigenvalue weighted by atomic mass is 9.69. The molecule has 0 spiro atoms. The molecule has 0 saturated heterocycles. The van der Waals surface area contributed by atoms with E-state index in [-0.39, 0.29) is 11.7 Å². The molecule has 2 aliphatic rings. The lowest BCUT2D eigenvalue weighted by Gasteiger charge is -2.36. The van der Waals surface area contributed by atoms with Gasteiger partial charge < -0.3 is 0 Å². The van der Waals surface area contributed by atoms with Gasteiger partial charge in [-0.1, -0.05) is 19.3 Å². The lowest BCUT2D eigenvalue weighted by Crippen LogP contribution is -2.38. The summed E-state index contributed by atoms with van der Waals surface area (Å²) in [5.41, 5.74) is 0. The number of ketones is 1. The average Bonchev–Trinajstić information content (AvgIpc) is 2.12. The van der Waals surface area contributed by atoms with Crippen molar-refractivity contribution in [3.63, 3.8) is 0 Å². The largest absolute Gasteiger partial charge is 0.296 e. The van der Waals surface area contributed by atoms with Gasteiger partial charge in [-0.15, -0.1) is 0 Å². The van der Waals surface area contributed by atoms with Gasteiger partial charge in [-0.2, -0.15) is 0 Å². The van der Waals surface area contributed by atoms with Crippen LogP contribution in [0.25, 0.3) is 0 Å². The molecular formula is C10H15FO. The first kappa shape index (κ1) is 8.21. The summed E-state index contributed by atoms with van der Waals surface area (Å²) >= 11 is 0. The number of hydrogen-bond acceptors (Lipinski definition) is 1. The third-order valence-electron chi connectivity index (χ3n) is 3.41. The van der Waals surface area contributed by atoms with E-state index in [0.717, 1.165) is 25.7 Å². The molecule has 2 aliphatic carbocycles. The maximum absolute atomic E-state index is 13.4. The van der Waals surface area contributed by atoms with Crippen LogP contribution in [0.2, 0.25) is 0 Å². The van der Waals surface area contributed by atoms with Crippen molar-refractivity contribution in [1.29, 1.82) is 0 Å². The minimum atomic E-state index is -1.12. The standard InChI is InChI=1S/C10H15FO/c11-10-8-4-2-1-3-7(8)5-6-9(10)12/h7-8,10H,1-6H2/t7-,8+,10?/m1/s1. The molecule has 1 nitrogen and oxygen atoms in total. The second-order valence-electron chi connectivity index (χ2n) is 4.12. The molecule has 1 unspecified atom stereocenters. The van der Waals surface area contributed by atoms with Crippen LogP contribution in [0.1, 0.15) is 38.5 Å². The first-order valence-corrected chi connectivity index (χ1v) is 4.96. The first-order chi connectivity index (χ1) is 5.79. The number of halogens is 1. The minimum Gasteiger partial charge on any atom is -0.296 e. The molecule has 0 bridgehead atoms. The second-order valence-corrected chi connectivity index (χ2v) is 4.12. The second kappa shape index (κ2) is 3.15. The third-order valence-corrected chi connectivity index (χ3v) is 3.41. The van der Waals surface area contributed by atoms with Crippen LogP contribution in [0.5, 0.6) is 0 Å². The third kappa shape index (κ3) is 1.27. The van der Waals surface area contributed by atoms with Gasteiger partial charge in [0.05, 0.1) is 0 Å². The molecule has 2 saturated carbocycles. The summed E-state index contributed by atoms with van der Waals surface area (Å²) in [4.78, 5) is 11.1. The summed E-state index contributed by atoms with van der Waals surface area (Å²) in [6, 6.07) is 0. The molecule has 0 amide bonds. The van der Waals surface area contributed by atoms with E-state index in [0.29, 0.717) is 12.3 Å². The number of Topliss-reactive ketones (excluding diaryl/α,β-unsaturated/α-hetero) is 1. The highest BCUT2D eigenvalue weighted by atomic mass is 19.1. The van der Waals surface area contributed by atoms with Crippen molar-refractivity contribution in [3.8, 4) is 0 Å². The molecule has 0 N–H and O–H groups in total. The van der Waals surface area contributed by atoms with Crippen molar-refractivity contribution < 1.29 is 9.18 Å². The Hall–Kier alpha value is -0.400. The zero-order valence-corrected chi connectivity index (χ0v) is 7.26. The van der Waals surface area contributed by atoms with E-state index >= 15 is 0 Å². The van der Waals surface area contributed by atoms with Gasteiger partial charge in [0, 0.05) is 12.3 Å². The van der Waals surface area contributed by atoms with Crippen molar-refractivity contribution >= 4 is 5.78 Å². The molecule has 3 atom stereocenters. The Kier molecular flexibility index (Phi) is 2.16. The highest BCUT2D eigenvalue weighted by Gasteiger charge is 2.39. The van der Waals surface area contributed by atoms with Crippen LogP contribution in [0.15, 0.2) is 0 Å². The fourth-order valence-corrected chi connectivity index (χ4v) is 2.68. The van der Waals surface area contributed by atoms with Gasteiger partial charge in [0.15, 0.2) is 12.0 Å². The SMILES string of the molecule is O=C1CC[C@H]2CCCC[C@@H]2C1F. The van der Waals surface area contributed by atoms with Gasteiger partial charge in [-0.25, -0.2) is 4.39 Å². The predicted octanol–water partition coefficient (Wildman–Crippen LogP) is 2.49. The number of fused-ring (bicyclic) bond motifs is 1. The smallest absolute Gasteiger partial charge is 0.167 e. The topological polar surface area (TPSA) is 17.1 Å². The molecule has 0 aromatic carbocycles. The van der Waals surface area contributed by atoms with Crippen LogP contribution < -0.4 is 0 Å². The summed E-state index contributed by atoms with van der Waals surface area (Å²) < 4.78 is 13.4. The average molecular weight is 170 g/mol. The van der Waals surface area contributed by atoms with Crippen molar-refractivity contribution in [2.75, 3.05) is 0 Å². The van der Waals surface area contributed by atoms with Crippen LogP contribution in [-0.2, 0) is 4.79 Å². The Morgan fingerprint density at radius 2 is 1.92 bits per heavy atom. The Labute approximate surface area is 72.3 Å². The van der Waals surface area contributed by atoms with Gasteiger partial charge in [0.25, 0.3) is 0 Å². The summed E-state index contributed by atoms with van der Waals surface area (Å²) in [5, 5.41) is 0. The van der Waals surface area contributed by atoms with Crippen molar-refractivity contribution in [1.82, 2.24) is 0 Å². The number of carbonyl (C=O) groups is 1. The van der Waals surface area contributed by atoms with E-state index < -0.39 is 6.17 Å². The van der Waals surface area contributed by atoms with Crippen LogP contribution >= 0.6 is 0 Å². The van der Waals surface area contributed by atoms with E-state index in [1.54, 1.807) is 0 Å². The summed E-state index contributed by atoms with van der Waals surface area (Å²) in [6.45, 7) is 0. The number of hydrogen-bond donors (Lipinski definition) is 0. The Bertz CT molecular complexity index is 190. The fourth-order valence-electron chi connectivity index (χ4n) is 2.68. The molecule has 12 heavy (non-hydrogen) atoms. The maximum Gasteiger partial charge on any atom is 0.167 e. The summed E-state index contributed by atoms with van der Waals surface area (Å²) in [6.07, 6.45) is 4.77. The molecule has 2 heteroatoms. The molecule has 0 radical (unpaired) electrons. The number of carbonyl (C=O) groups excluding carboxylic acids is 1. The normalized spacial score (nSPS) is 42.4. The minimum absolute atomic E-state index is 0.0833. The van der Waals surface area contributed by atoms with E-state index in [2.05, 4.69) is 0 Å². The first-order valence-electron chi connectivity index (χ1n) is 4.96. The van der Waals surface area contributed by atoms with Gasteiger partial charge in [0.2, 0.25) is 0 Å². The van der Waals surface area contributed by atoms with E-state index in [9.17, 15) is 9.18 Å². The molecule has 2 rings (SSSR count). The zero-order valence-electron chi connectivity index (χ0n) is 7.26. The van der Waals surface area contributed by atoms with E-state index in [4.69, 9.17) is 0 Å². The fraction of sp³-hybridized carbons (Fsp3) is 0.900. The number of alkyl halides is 1. The molecule has 0 aliphatic heterocycles. The molecule has 68 valence electrons. The van der Waals surface area contributed by atoms with Gasteiger partial charge in [0.1, 0.15) is 0 Å². The maximum atomic E-state index is 13.4. The van der Waals surface area contributed by atoms with E-state index in [1.807, 2.05) is 0 Å². The quantitative estimate of drug-likeness (QED) is 0.546. The summed E-state index contributed by atoms with van der Waals surface area (Å²) in [7, 11) is 0. The molecule has 0 heterocycles. The van der Waals surface area contributed by atoms with Crippen molar-refractivity contribution in [2.45, 2.75) is 44.7 Å². The lowest BCUT2D eigenvalue weighted by molar-refractivity contribution is -0.130. The van der Waals surface area contributed by atoms with Gasteiger partial charge in [-0.3, -0.25) is 4.79 Å². The molecule has 0 aromatic rings. The van der Waals surface area contributed by atoms with Crippen LogP contribution in [0.3, 0.4) is 0 Å². The highest BCUT2D eigenvalue weighted by molar-refractivity contribution is 5.84. The Balaban J connectivity index is 2.08. The van der Waals surface area contributed by atoms with Crippen LogP contribution in [0.4, 0.5) is 4.39 Å². The predicted molar refractivity (Wildman–Crippen MR) is 44.6 cm³/mol. The zero-order chi connectivity index (χ0) is 8.55. The summed E-state index contributed by atoms with van der Waals surface area (Å²) in [5.74, 6) is 0.463. The van der Waals surface area contributed by atoms with Crippen molar-refractivity contribution in [2.24, 2.45) is 11.8 Å². The monoisotopic (exact) mass is 170 g/mol. The van der Waals surface area contributed by atoms with E-state index in [1.165, 1.54) is 6.42 Å². The molecule has 0 aromatic heterocycles. The van der Waals surface area contributed by atoms with Crippen molar-refractivity contribution in [3.05, 3.63) is 0 Å².